The van der Waals surface area contributed by atoms with E-state index >= 15 is 0 Å². The highest BCUT2D eigenvalue weighted by Gasteiger charge is 2.05. The van der Waals surface area contributed by atoms with E-state index in [1.165, 1.54) is 3.57 Å². The Bertz CT molecular complexity index is 702. The maximum atomic E-state index is 9.57. The Morgan fingerprint density at radius 3 is 2.32 bits per heavy atom. The number of hydrogen-bond acceptors (Lipinski definition) is 3. The molecule has 0 amide bonds. The molecular formula is C18H17IN2O. The van der Waals surface area contributed by atoms with Crippen LogP contribution in [0.4, 0.5) is 5.69 Å². The lowest BCUT2D eigenvalue weighted by Gasteiger charge is -2.05. The van der Waals surface area contributed by atoms with E-state index < -0.39 is 5.60 Å². The number of anilines is 1. The highest BCUT2D eigenvalue weighted by Crippen LogP contribution is 2.11. The summed E-state index contributed by atoms with van der Waals surface area (Å²) in [5.41, 5.74) is 4.80. The minimum absolute atomic E-state index is 0.866. The van der Waals surface area contributed by atoms with Crippen molar-refractivity contribution in [2.24, 2.45) is 5.10 Å². The molecule has 2 aromatic carbocycles. The molecule has 0 aliphatic rings. The van der Waals surface area contributed by atoms with Crippen molar-refractivity contribution in [2.45, 2.75) is 19.4 Å². The SMILES string of the molecule is CC(C)(O)C#Cc1ccc(/C=N/Nc2ccc(I)cc2)cc1. The second-order valence-electron chi connectivity index (χ2n) is 5.31. The van der Waals surface area contributed by atoms with Gasteiger partial charge in [-0.25, -0.2) is 0 Å². The van der Waals surface area contributed by atoms with Crippen molar-refractivity contribution in [3.8, 4) is 11.8 Å². The number of hydrazone groups is 1. The lowest BCUT2D eigenvalue weighted by Crippen LogP contribution is -2.14. The molecule has 0 saturated heterocycles. The highest BCUT2D eigenvalue weighted by molar-refractivity contribution is 14.1. The lowest BCUT2D eigenvalue weighted by molar-refractivity contribution is 0.143. The van der Waals surface area contributed by atoms with Crippen LogP contribution in [-0.2, 0) is 0 Å². The van der Waals surface area contributed by atoms with E-state index in [1.54, 1.807) is 20.1 Å². The van der Waals surface area contributed by atoms with Gasteiger partial charge in [0.2, 0.25) is 0 Å². The number of hydrogen-bond donors (Lipinski definition) is 2. The molecule has 0 radical (unpaired) electrons. The molecule has 2 rings (SSSR count). The van der Waals surface area contributed by atoms with E-state index in [9.17, 15) is 5.11 Å². The normalized spacial score (nSPS) is 11.1. The van der Waals surface area contributed by atoms with Gasteiger partial charge in [-0.05, 0) is 78.4 Å². The Labute approximate surface area is 144 Å². The summed E-state index contributed by atoms with van der Waals surface area (Å²) in [6, 6.07) is 15.7. The first-order valence-electron chi connectivity index (χ1n) is 6.83. The summed E-state index contributed by atoms with van der Waals surface area (Å²) >= 11 is 2.27. The zero-order valence-corrected chi connectivity index (χ0v) is 14.6. The van der Waals surface area contributed by atoms with Crippen LogP contribution < -0.4 is 5.43 Å². The predicted octanol–water partition coefficient (Wildman–Crippen LogP) is 3.86. The summed E-state index contributed by atoms with van der Waals surface area (Å²) in [6.07, 6.45) is 1.76. The molecule has 2 aromatic rings. The van der Waals surface area contributed by atoms with Crippen LogP contribution in [-0.4, -0.2) is 16.9 Å². The largest absolute Gasteiger partial charge is 0.378 e. The molecule has 0 fully saturated rings. The zero-order chi connectivity index (χ0) is 16.0. The van der Waals surface area contributed by atoms with E-state index in [2.05, 4.69) is 45.0 Å². The number of halogens is 1. The standard InChI is InChI=1S/C18H17IN2O/c1-18(2,22)12-11-14-3-5-15(6-4-14)13-20-21-17-9-7-16(19)8-10-17/h3-10,13,21-22H,1-2H3/b20-13+. The maximum Gasteiger partial charge on any atom is 0.120 e. The minimum atomic E-state index is -0.975. The molecule has 0 aliphatic carbocycles. The van der Waals surface area contributed by atoms with Crippen molar-refractivity contribution in [1.82, 2.24) is 0 Å². The third-order valence-corrected chi connectivity index (χ3v) is 3.39. The van der Waals surface area contributed by atoms with Crippen molar-refractivity contribution in [1.29, 1.82) is 0 Å². The van der Waals surface area contributed by atoms with Gasteiger partial charge in [-0.2, -0.15) is 5.10 Å². The first-order valence-corrected chi connectivity index (χ1v) is 7.90. The topological polar surface area (TPSA) is 44.6 Å². The minimum Gasteiger partial charge on any atom is -0.378 e. The van der Waals surface area contributed by atoms with Gasteiger partial charge in [0.15, 0.2) is 0 Å². The average Bonchev–Trinajstić information content (AvgIpc) is 2.48. The maximum absolute atomic E-state index is 9.57. The van der Waals surface area contributed by atoms with Crippen LogP contribution in [0, 0.1) is 15.4 Å². The van der Waals surface area contributed by atoms with Crippen LogP contribution in [0.1, 0.15) is 25.0 Å². The van der Waals surface area contributed by atoms with Crippen molar-refractivity contribution >= 4 is 34.5 Å². The van der Waals surface area contributed by atoms with Crippen molar-refractivity contribution < 1.29 is 5.11 Å². The Morgan fingerprint density at radius 2 is 1.73 bits per heavy atom. The smallest absolute Gasteiger partial charge is 0.120 e. The molecule has 3 nitrogen and oxygen atoms in total. The molecule has 0 spiro atoms. The van der Waals surface area contributed by atoms with Crippen molar-refractivity contribution in [3.05, 3.63) is 63.2 Å². The van der Waals surface area contributed by atoms with Gasteiger partial charge in [0, 0.05) is 9.13 Å². The Kier molecular flexibility index (Phi) is 5.58. The van der Waals surface area contributed by atoms with E-state index in [0.717, 1.165) is 16.8 Å². The fourth-order valence-electron chi connectivity index (χ4n) is 1.58. The van der Waals surface area contributed by atoms with Gasteiger partial charge >= 0.3 is 0 Å². The summed E-state index contributed by atoms with van der Waals surface area (Å²) in [5.74, 6) is 5.72. The van der Waals surface area contributed by atoms with Crippen LogP contribution in [0.15, 0.2) is 53.6 Å². The number of aliphatic hydroxyl groups is 1. The predicted molar refractivity (Wildman–Crippen MR) is 100.0 cm³/mol. The van der Waals surface area contributed by atoms with Crippen LogP contribution in [0.3, 0.4) is 0 Å². The van der Waals surface area contributed by atoms with Crippen LogP contribution >= 0.6 is 22.6 Å². The lowest BCUT2D eigenvalue weighted by atomic mass is 10.1. The van der Waals surface area contributed by atoms with Gasteiger partial charge in [-0.1, -0.05) is 24.0 Å². The molecule has 0 atom stereocenters. The van der Waals surface area contributed by atoms with E-state index in [4.69, 9.17) is 0 Å². The molecule has 0 aliphatic heterocycles. The Balaban J connectivity index is 1.97. The van der Waals surface area contributed by atoms with Crippen molar-refractivity contribution in [3.63, 3.8) is 0 Å². The average molecular weight is 404 g/mol. The molecule has 4 heteroatoms. The quantitative estimate of drug-likeness (QED) is 0.353. The zero-order valence-electron chi connectivity index (χ0n) is 12.5. The summed E-state index contributed by atoms with van der Waals surface area (Å²) in [5, 5.41) is 13.8. The first-order chi connectivity index (χ1) is 10.4. The summed E-state index contributed by atoms with van der Waals surface area (Å²) < 4.78 is 1.19. The third kappa shape index (κ3) is 5.88. The van der Waals surface area contributed by atoms with Gasteiger partial charge in [-0.15, -0.1) is 0 Å². The van der Waals surface area contributed by atoms with Crippen LogP contribution in [0.5, 0.6) is 0 Å². The molecule has 0 saturated carbocycles. The molecule has 22 heavy (non-hydrogen) atoms. The van der Waals surface area contributed by atoms with E-state index in [-0.39, 0.29) is 0 Å². The summed E-state index contributed by atoms with van der Waals surface area (Å²) in [4.78, 5) is 0. The molecule has 0 unspecified atom stereocenters. The molecule has 112 valence electrons. The van der Waals surface area contributed by atoms with Crippen molar-refractivity contribution in [2.75, 3.05) is 5.43 Å². The second-order valence-corrected chi connectivity index (χ2v) is 6.55. The molecule has 0 aromatic heterocycles. The molecule has 0 heterocycles. The summed E-state index contributed by atoms with van der Waals surface area (Å²) in [6.45, 7) is 3.33. The van der Waals surface area contributed by atoms with E-state index in [0.29, 0.717) is 0 Å². The fourth-order valence-corrected chi connectivity index (χ4v) is 1.94. The van der Waals surface area contributed by atoms with Crippen LogP contribution in [0.25, 0.3) is 0 Å². The van der Waals surface area contributed by atoms with Gasteiger partial charge in [-0.3, -0.25) is 5.43 Å². The van der Waals surface area contributed by atoms with Gasteiger partial charge < -0.3 is 5.11 Å². The highest BCUT2D eigenvalue weighted by atomic mass is 127. The van der Waals surface area contributed by atoms with Crippen LogP contribution in [0.2, 0.25) is 0 Å². The van der Waals surface area contributed by atoms with Gasteiger partial charge in [0.05, 0.1) is 11.9 Å². The van der Waals surface area contributed by atoms with E-state index in [1.807, 2.05) is 48.5 Å². The number of nitrogens with zero attached hydrogens (tertiary/aromatic N) is 1. The van der Waals surface area contributed by atoms with Gasteiger partial charge in [0.25, 0.3) is 0 Å². The fraction of sp³-hybridized carbons (Fsp3) is 0.167. The molecule has 2 N–H and O–H groups in total. The van der Waals surface area contributed by atoms with Gasteiger partial charge in [0.1, 0.15) is 5.60 Å². The molecular weight excluding hydrogens is 387 g/mol. The summed E-state index contributed by atoms with van der Waals surface area (Å²) in [7, 11) is 0. The second kappa shape index (κ2) is 7.43. The molecule has 0 bridgehead atoms. The third-order valence-electron chi connectivity index (χ3n) is 2.67. The monoisotopic (exact) mass is 404 g/mol. The first kappa shape index (κ1) is 16.5. The Morgan fingerprint density at radius 1 is 1.09 bits per heavy atom. The Hall–Kier alpha value is -1.84. The number of rotatable bonds is 3. The number of benzene rings is 2. The number of nitrogens with one attached hydrogen (secondary N) is 1.